The second-order valence-corrected chi connectivity index (χ2v) is 3.95. The van der Waals surface area contributed by atoms with Gasteiger partial charge in [0.15, 0.2) is 5.82 Å². The van der Waals surface area contributed by atoms with E-state index in [1.807, 2.05) is 18.2 Å². The predicted octanol–water partition coefficient (Wildman–Crippen LogP) is 2.25. The maximum atomic E-state index is 7.02. The molecule has 2 rings (SSSR count). The summed E-state index contributed by atoms with van der Waals surface area (Å²) in [6, 6.07) is 8.09. The third kappa shape index (κ3) is 2.09. The minimum absolute atomic E-state index is 0.541. The third-order valence-corrected chi connectivity index (χ3v) is 2.85. The number of para-hydroxylation sites is 2. The lowest BCUT2D eigenvalue weighted by Crippen LogP contribution is -2.03. The number of halogens is 1. The van der Waals surface area contributed by atoms with Crippen LogP contribution in [0.5, 0.6) is 0 Å². The zero-order valence-electron chi connectivity index (χ0n) is 9.02. The molecule has 3 nitrogen and oxygen atoms in total. The summed E-state index contributed by atoms with van der Waals surface area (Å²) in [7, 11) is 0. The van der Waals surface area contributed by atoms with Crippen LogP contribution in [0.2, 0.25) is 0 Å². The van der Waals surface area contributed by atoms with E-state index in [0.717, 1.165) is 36.2 Å². The minimum Gasteiger partial charge on any atom is -0.323 e. The number of nitrogens with one attached hydrogen (secondary N) is 1. The lowest BCUT2D eigenvalue weighted by molar-refractivity contribution is -0.388. The largest absolute Gasteiger partial charge is 0.323 e. The SMILES string of the molecule is N=CCCCn1c(C[ClH+])nc2ccccc21. The Kier molecular flexibility index (Phi) is 3.57. The van der Waals surface area contributed by atoms with Crippen LogP contribution in [0.15, 0.2) is 24.3 Å². The van der Waals surface area contributed by atoms with Gasteiger partial charge in [-0.1, -0.05) is 12.1 Å². The fraction of sp³-hybridized carbons (Fsp3) is 0.333. The number of aromatic nitrogens is 2. The highest BCUT2D eigenvalue weighted by Crippen LogP contribution is 2.16. The molecular formula is C12H15ClN3+. The lowest BCUT2D eigenvalue weighted by Gasteiger charge is -2.04. The number of alkyl halides is 1. The number of imidazole rings is 1. The molecule has 0 unspecified atom stereocenters. The number of hydrogen-bond acceptors (Lipinski definition) is 2. The van der Waals surface area contributed by atoms with Crippen molar-refractivity contribution < 1.29 is 11.6 Å². The van der Waals surface area contributed by atoms with E-state index in [0.29, 0.717) is 5.88 Å². The van der Waals surface area contributed by atoms with Crippen molar-refractivity contribution in [3.05, 3.63) is 30.1 Å². The normalized spacial score (nSPS) is 10.8. The van der Waals surface area contributed by atoms with Crippen molar-refractivity contribution >= 4 is 17.2 Å². The highest BCUT2D eigenvalue weighted by atomic mass is 35.5. The zero-order valence-corrected chi connectivity index (χ0v) is 9.83. The van der Waals surface area contributed by atoms with Gasteiger partial charge in [0.1, 0.15) is 11.6 Å². The molecule has 1 aromatic heterocycles. The number of rotatable bonds is 5. The Morgan fingerprint density at radius 1 is 1.38 bits per heavy atom. The van der Waals surface area contributed by atoms with Gasteiger partial charge in [-0.2, -0.15) is 0 Å². The first-order valence-corrected chi connectivity index (χ1v) is 5.95. The number of aryl methyl sites for hydroxylation is 1. The summed E-state index contributed by atoms with van der Waals surface area (Å²) in [6.07, 6.45) is 3.22. The minimum atomic E-state index is 0.541. The highest BCUT2D eigenvalue weighted by Gasteiger charge is 2.10. The second-order valence-electron chi connectivity index (χ2n) is 3.66. The molecule has 0 aliphatic heterocycles. The van der Waals surface area contributed by atoms with Gasteiger partial charge in [-0.05, 0) is 31.2 Å². The summed E-state index contributed by atoms with van der Waals surface area (Å²) in [6.45, 7) is 0.891. The van der Waals surface area contributed by atoms with E-state index in [1.54, 1.807) is 0 Å². The molecule has 1 heterocycles. The molecule has 0 saturated heterocycles. The Morgan fingerprint density at radius 3 is 2.94 bits per heavy atom. The molecule has 0 atom stereocenters. The number of benzene rings is 1. The van der Waals surface area contributed by atoms with Crippen LogP contribution in [0, 0.1) is 17.0 Å². The smallest absolute Gasteiger partial charge is 0.227 e. The van der Waals surface area contributed by atoms with Gasteiger partial charge in [-0.3, -0.25) is 0 Å². The van der Waals surface area contributed by atoms with Crippen LogP contribution in [0.1, 0.15) is 18.7 Å². The summed E-state index contributed by atoms with van der Waals surface area (Å²) in [4.78, 5) is 4.51. The van der Waals surface area contributed by atoms with Gasteiger partial charge >= 0.3 is 0 Å². The summed E-state index contributed by atoms with van der Waals surface area (Å²) >= 11 is 5.10. The third-order valence-electron chi connectivity index (χ3n) is 2.59. The van der Waals surface area contributed by atoms with Gasteiger partial charge < -0.3 is 9.98 Å². The molecule has 0 amide bonds. The van der Waals surface area contributed by atoms with Gasteiger partial charge in [-0.15, -0.1) is 0 Å². The summed E-state index contributed by atoms with van der Waals surface area (Å²) < 4.78 is 2.17. The van der Waals surface area contributed by atoms with Crippen LogP contribution in [-0.2, 0) is 12.4 Å². The van der Waals surface area contributed by atoms with Gasteiger partial charge in [-0.25, -0.2) is 4.98 Å². The van der Waals surface area contributed by atoms with Crippen molar-refractivity contribution in [2.24, 2.45) is 0 Å². The molecule has 0 radical (unpaired) electrons. The van der Waals surface area contributed by atoms with Gasteiger partial charge in [0.25, 0.3) is 0 Å². The molecule has 0 bridgehead atoms. The zero-order chi connectivity index (χ0) is 11.4. The first-order valence-electron chi connectivity index (χ1n) is 5.38. The molecule has 2 aromatic rings. The number of nitrogens with zero attached hydrogens (tertiary/aromatic N) is 2. The lowest BCUT2D eigenvalue weighted by atomic mass is 10.3. The van der Waals surface area contributed by atoms with E-state index in [-0.39, 0.29) is 0 Å². The van der Waals surface area contributed by atoms with Crippen molar-refractivity contribution in [1.29, 1.82) is 5.41 Å². The first kappa shape index (κ1) is 11.1. The highest BCUT2D eigenvalue weighted by molar-refractivity contribution is 5.75. The molecule has 0 aliphatic rings. The Hall–Kier alpha value is -1.35. The van der Waals surface area contributed by atoms with E-state index < -0.39 is 0 Å². The van der Waals surface area contributed by atoms with Crippen LogP contribution in [0.25, 0.3) is 11.0 Å². The van der Waals surface area contributed by atoms with Crippen molar-refractivity contribution in [2.75, 3.05) is 0 Å². The van der Waals surface area contributed by atoms with Crippen LogP contribution in [-0.4, -0.2) is 15.8 Å². The molecule has 0 saturated carbocycles. The monoisotopic (exact) mass is 236 g/mol. The molecule has 1 N–H and O–H groups in total. The van der Waals surface area contributed by atoms with Crippen LogP contribution in [0.4, 0.5) is 0 Å². The van der Waals surface area contributed by atoms with E-state index in [1.165, 1.54) is 6.21 Å². The summed E-state index contributed by atoms with van der Waals surface area (Å²) in [5.74, 6) is 1.50. The van der Waals surface area contributed by atoms with E-state index in [2.05, 4.69) is 15.6 Å². The average molecular weight is 237 g/mol. The fourth-order valence-electron chi connectivity index (χ4n) is 1.84. The molecule has 0 spiro atoms. The molecule has 4 heteroatoms. The van der Waals surface area contributed by atoms with Crippen molar-refractivity contribution in [1.82, 2.24) is 9.55 Å². The molecular weight excluding hydrogens is 222 g/mol. The molecule has 0 fully saturated rings. The average Bonchev–Trinajstić information content (AvgIpc) is 2.68. The van der Waals surface area contributed by atoms with E-state index in [4.69, 9.17) is 17.0 Å². The van der Waals surface area contributed by atoms with Gasteiger partial charge in [0.2, 0.25) is 5.88 Å². The van der Waals surface area contributed by atoms with Crippen LogP contribution < -0.4 is 0 Å². The Morgan fingerprint density at radius 2 is 2.19 bits per heavy atom. The predicted molar refractivity (Wildman–Crippen MR) is 62.8 cm³/mol. The van der Waals surface area contributed by atoms with Crippen molar-refractivity contribution in [3.63, 3.8) is 0 Å². The Bertz CT molecular complexity index is 490. The molecule has 84 valence electrons. The molecule has 1 aromatic carbocycles. The quantitative estimate of drug-likeness (QED) is 0.483. The van der Waals surface area contributed by atoms with Gasteiger partial charge in [0.05, 0.1) is 11.0 Å². The maximum absolute atomic E-state index is 7.02. The van der Waals surface area contributed by atoms with Crippen LogP contribution in [0.3, 0.4) is 0 Å². The molecule has 16 heavy (non-hydrogen) atoms. The van der Waals surface area contributed by atoms with Crippen molar-refractivity contribution in [3.8, 4) is 0 Å². The van der Waals surface area contributed by atoms with E-state index >= 15 is 0 Å². The first-order chi connectivity index (χ1) is 7.86. The number of fused-ring (bicyclic) bond motifs is 1. The van der Waals surface area contributed by atoms with Gasteiger partial charge in [0, 0.05) is 6.54 Å². The Labute approximate surface area is 99.6 Å². The topological polar surface area (TPSA) is 41.7 Å². The standard InChI is InChI=1S/C12H15ClN3/c13-9-12-15-10-5-1-2-6-11(10)16(12)8-4-3-7-14/h1-2,5-7,13-14H,3-4,8-9H2/q+1. The second kappa shape index (κ2) is 5.12. The number of unbranched alkanes of at least 4 members (excludes halogenated alkanes) is 1. The molecule has 0 aliphatic carbocycles. The van der Waals surface area contributed by atoms with Crippen LogP contribution >= 0.6 is 0 Å². The Balaban J connectivity index is 2.35. The summed E-state index contributed by atoms with van der Waals surface area (Å²) in [5.41, 5.74) is 2.16. The number of hydrogen-bond donors (Lipinski definition) is 1. The van der Waals surface area contributed by atoms with Crippen molar-refractivity contribution in [2.45, 2.75) is 25.3 Å². The fourth-order valence-corrected chi connectivity index (χ4v) is 2.06. The summed E-state index contributed by atoms with van der Waals surface area (Å²) in [5, 5.41) is 7.02. The maximum Gasteiger partial charge on any atom is 0.227 e. The van der Waals surface area contributed by atoms with E-state index in [9.17, 15) is 0 Å².